The molecule has 0 saturated carbocycles. The van der Waals surface area contributed by atoms with Crippen LogP contribution < -0.4 is 5.73 Å². The van der Waals surface area contributed by atoms with Gasteiger partial charge >= 0.3 is 0 Å². The SMILES string of the molecule is Cc1cc(SCc2cc(N)ccn2)n(C)n1. The van der Waals surface area contributed by atoms with Crippen molar-refractivity contribution in [1.29, 1.82) is 0 Å². The summed E-state index contributed by atoms with van der Waals surface area (Å²) in [6.07, 6.45) is 1.74. The maximum absolute atomic E-state index is 5.69. The summed E-state index contributed by atoms with van der Waals surface area (Å²) in [5.41, 5.74) is 8.47. The van der Waals surface area contributed by atoms with Crippen LogP contribution in [0, 0.1) is 6.92 Å². The highest BCUT2D eigenvalue weighted by Crippen LogP contribution is 2.22. The number of hydrogen-bond acceptors (Lipinski definition) is 4. The Bertz CT molecular complexity index is 492. The van der Waals surface area contributed by atoms with Crippen LogP contribution in [0.15, 0.2) is 29.4 Å². The largest absolute Gasteiger partial charge is 0.399 e. The summed E-state index contributed by atoms with van der Waals surface area (Å²) in [4.78, 5) is 4.26. The van der Waals surface area contributed by atoms with Gasteiger partial charge in [-0.15, -0.1) is 11.8 Å². The van der Waals surface area contributed by atoms with Crippen LogP contribution >= 0.6 is 11.8 Å². The number of aromatic nitrogens is 3. The minimum absolute atomic E-state index is 0.756. The third-order valence-corrected chi connectivity index (χ3v) is 3.29. The van der Waals surface area contributed by atoms with Gasteiger partial charge in [0.05, 0.1) is 16.4 Å². The molecule has 0 spiro atoms. The molecule has 84 valence electrons. The Kier molecular flexibility index (Phi) is 3.14. The number of anilines is 1. The molecule has 2 aromatic heterocycles. The molecule has 16 heavy (non-hydrogen) atoms. The number of nitrogens with zero attached hydrogens (tertiary/aromatic N) is 3. The number of hydrogen-bond donors (Lipinski definition) is 1. The number of aryl methyl sites for hydroxylation is 2. The molecule has 0 aromatic carbocycles. The van der Waals surface area contributed by atoms with Crippen molar-refractivity contribution in [1.82, 2.24) is 14.8 Å². The highest BCUT2D eigenvalue weighted by Gasteiger charge is 2.03. The molecule has 0 aliphatic heterocycles. The first kappa shape index (κ1) is 11.0. The van der Waals surface area contributed by atoms with Gasteiger partial charge < -0.3 is 5.73 Å². The molecule has 2 aromatic rings. The van der Waals surface area contributed by atoms with Gasteiger partial charge in [-0.25, -0.2) is 0 Å². The zero-order chi connectivity index (χ0) is 11.5. The second-order valence-electron chi connectivity index (χ2n) is 3.62. The molecule has 4 nitrogen and oxygen atoms in total. The third kappa shape index (κ3) is 2.55. The third-order valence-electron chi connectivity index (χ3n) is 2.17. The highest BCUT2D eigenvalue weighted by atomic mass is 32.2. The predicted octanol–water partition coefficient (Wildman–Crippen LogP) is 2.00. The first-order valence-electron chi connectivity index (χ1n) is 4.99. The molecule has 2 N–H and O–H groups in total. The average molecular weight is 234 g/mol. The van der Waals surface area contributed by atoms with E-state index in [4.69, 9.17) is 5.73 Å². The van der Waals surface area contributed by atoms with E-state index in [1.807, 2.05) is 24.7 Å². The van der Waals surface area contributed by atoms with Crippen LogP contribution in [0.2, 0.25) is 0 Å². The Hall–Kier alpha value is -1.49. The number of nitrogens with two attached hydrogens (primary N) is 1. The van der Waals surface area contributed by atoms with Gasteiger partial charge in [0.15, 0.2) is 0 Å². The Balaban J connectivity index is 2.05. The Morgan fingerprint density at radius 2 is 2.25 bits per heavy atom. The lowest BCUT2D eigenvalue weighted by molar-refractivity contribution is 0.692. The minimum atomic E-state index is 0.756. The van der Waals surface area contributed by atoms with Crippen LogP contribution in [-0.4, -0.2) is 14.8 Å². The van der Waals surface area contributed by atoms with E-state index in [0.717, 1.165) is 27.9 Å². The number of thioether (sulfide) groups is 1. The van der Waals surface area contributed by atoms with Crippen LogP contribution in [0.1, 0.15) is 11.4 Å². The van der Waals surface area contributed by atoms with E-state index < -0.39 is 0 Å². The Morgan fingerprint density at radius 1 is 1.44 bits per heavy atom. The molecule has 0 aliphatic carbocycles. The molecule has 2 rings (SSSR count). The lowest BCUT2D eigenvalue weighted by Crippen LogP contribution is -1.94. The maximum atomic E-state index is 5.69. The van der Waals surface area contributed by atoms with E-state index in [0.29, 0.717) is 0 Å². The molecular weight excluding hydrogens is 220 g/mol. The molecule has 0 bridgehead atoms. The first-order chi connectivity index (χ1) is 7.65. The monoisotopic (exact) mass is 234 g/mol. The van der Waals surface area contributed by atoms with Crippen molar-refractivity contribution in [3.05, 3.63) is 35.8 Å². The maximum Gasteiger partial charge on any atom is 0.0943 e. The molecule has 0 amide bonds. The summed E-state index contributed by atoms with van der Waals surface area (Å²) >= 11 is 1.71. The molecule has 0 atom stereocenters. The van der Waals surface area contributed by atoms with Crippen LogP contribution in [0.4, 0.5) is 5.69 Å². The summed E-state index contributed by atoms with van der Waals surface area (Å²) < 4.78 is 1.88. The summed E-state index contributed by atoms with van der Waals surface area (Å²) in [7, 11) is 1.95. The van der Waals surface area contributed by atoms with E-state index in [1.165, 1.54) is 0 Å². The Morgan fingerprint density at radius 3 is 2.88 bits per heavy atom. The fourth-order valence-electron chi connectivity index (χ4n) is 1.45. The van der Waals surface area contributed by atoms with E-state index in [2.05, 4.69) is 16.1 Å². The number of rotatable bonds is 3. The standard InChI is InChI=1S/C11H14N4S/c1-8-5-11(15(2)14-8)16-7-10-6-9(12)3-4-13-10/h3-6H,7H2,1-2H3,(H2,12,13). The van der Waals surface area contributed by atoms with Crippen LogP contribution in [0.5, 0.6) is 0 Å². The van der Waals surface area contributed by atoms with E-state index >= 15 is 0 Å². The topological polar surface area (TPSA) is 56.7 Å². The zero-order valence-corrected chi connectivity index (χ0v) is 10.2. The van der Waals surface area contributed by atoms with Crippen molar-refractivity contribution in [3.63, 3.8) is 0 Å². The van der Waals surface area contributed by atoms with Gasteiger partial charge in [-0.2, -0.15) is 5.10 Å². The fraction of sp³-hybridized carbons (Fsp3) is 0.273. The summed E-state index contributed by atoms with van der Waals surface area (Å²) in [5, 5.41) is 5.43. The van der Waals surface area contributed by atoms with E-state index in [1.54, 1.807) is 24.0 Å². The van der Waals surface area contributed by atoms with Gasteiger partial charge in [-0.1, -0.05) is 0 Å². The molecule has 5 heteroatoms. The van der Waals surface area contributed by atoms with Crippen LogP contribution in [-0.2, 0) is 12.8 Å². The molecule has 2 heterocycles. The van der Waals surface area contributed by atoms with Crippen molar-refractivity contribution in [2.75, 3.05) is 5.73 Å². The lowest BCUT2D eigenvalue weighted by atomic mass is 10.3. The Labute approximate surface area is 98.9 Å². The number of pyridine rings is 1. The van der Waals surface area contributed by atoms with Crippen molar-refractivity contribution in [3.8, 4) is 0 Å². The first-order valence-corrected chi connectivity index (χ1v) is 5.97. The van der Waals surface area contributed by atoms with Gasteiger partial charge in [-0.05, 0) is 25.1 Å². The molecule has 0 unspecified atom stereocenters. The second kappa shape index (κ2) is 4.57. The van der Waals surface area contributed by atoms with Crippen molar-refractivity contribution in [2.24, 2.45) is 7.05 Å². The quantitative estimate of drug-likeness (QED) is 0.825. The lowest BCUT2D eigenvalue weighted by Gasteiger charge is -2.02. The normalized spacial score (nSPS) is 10.6. The highest BCUT2D eigenvalue weighted by molar-refractivity contribution is 7.98. The zero-order valence-electron chi connectivity index (χ0n) is 9.34. The van der Waals surface area contributed by atoms with E-state index in [-0.39, 0.29) is 0 Å². The van der Waals surface area contributed by atoms with Gasteiger partial charge in [0.25, 0.3) is 0 Å². The summed E-state index contributed by atoms with van der Waals surface area (Å²) in [6.45, 7) is 1.99. The minimum Gasteiger partial charge on any atom is -0.399 e. The molecule has 0 aliphatic rings. The second-order valence-corrected chi connectivity index (χ2v) is 4.61. The summed E-state index contributed by atoms with van der Waals surface area (Å²) in [6, 6.07) is 5.76. The van der Waals surface area contributed by atoms with Gasteiger partial charge in [0, 0.05) is 24.7 Å². The summed E-state index contributed by atoms with van der Waals surface area (Å²) in [5.74, 6) is 0.810. The van der Waals surface area contributed by atoms with Gasteiger partial charge in [0.2, 0.25) is 0 Å². The molecule has 0 fully saturated rings. The predicted molar refractivity (Wildman–Crippen MR) is 66.2 cm³/mol. The molecular formula is C11H14N4S. The van der Waals surface area contributed by atoms with Gasteiger partial charge in [0.1, 0.15) is 0 Å². The van der Waals surface area contributed by atoms with Gasteiger partial charge in [-0.3, -0.25) is 9.67 Å². The molecule has 0 radical (unpaired) electrons. The van der Waals surface area contributed by atoms with Crippen molar-refractivity contribution in [2.45, 2.75) is 17.7 Å². The average Bonchev–Trinajstić information content (AvgIpc) is 2.54. The fourth-order valence-corrected chi connectivity index (χ4v) is 2.38. The number of nitrogen functional groups attached to an aromatic ring is 1. The smallest absolute Gasteiger partial charge is 0.0943 e. The van der Waals surface area contributed by atoms with Crippen LogP contribution in [0.25, 0.3) is 0 Å². The molecule has 0 saturated heterocycles. The van der Waals surface area contributed by atoms with Crippen molar-refractivity contribution >= 4 is 17.4 Å². The van der Waals surface area contributed by atoms with Crippen LogP contribution in [0.3, 0.4) is 0 Å². The van der Waals surface area contributed by atoms with E-state index in [9.17, 15) is 0 Å². The van der Waals surface area contributed by atoms with Crippen molar-refractivity contribution < 1.29 is 0 Å².